The molecule has 130 valence electrons. The van der Waals surface area contributed by atoms with Gasteiger partial charge in [0.15, 0.2) is 17.6 Å². The average molecular weight is 358 g/mol. The third-order valence-electron chi connectivity index (χ3n) is 4.26. The van der Waals surface area contributed by atoms with Gasteiger partial charge in [-0.2, -0.15) is 0 Å². The molecule has 0 bridgehead atoms. The Labute approximate surface area is 149 Å². The van der Waals surface area contributed by atoms with Gasteiger partial charge in [-0.1, -0.05) is 11.2 Å². The second-order valence-electron chi connectivity index (χ2n) is 5.86. The molecule has 0 saturated carbocycles. The van der Waals surface area contributed by atoms with E-state index in [1.165, 1.54) is 11.3 Å². The molecule has 1 aromatic carbocycles. The van der Waals surface area contributed by atoms with Crippen molar-refractivity contribution < 1.29 is 19.1 Å². The maximum atomic E-state index is 12.5. The lowest BCUT2D eigenvalue weighted by Gasteiger charge is -2.22. The number of oxime groups is 1. The highest BCUT2D eigenvalue weighted by Crippen LogP contribution is 2.33. The van der Waals surface area contributed by atoms with Crippen molar-refractivity contribution in [2.75, 3.05) is 19.9 Å². The third kappa shape index (κ3) is 3.19. The molecule has 1 aromatic heterocycles. The molecular weight excluding hydrogens is 340 g/mol. The molecule has 7 heteroatoms. The summed E-state index contributed by atoms with van der Waals surface area (Å²) >= 11 is 1.45. The summed E-state index contributed by atoms with van der Waals surface area (Å²) in [6.07, 6.45) is 0.526. The Morgan fingerprint density at radius 1 is 1.32 bits per heavy atom. The van der Waals surface area contributed by atoms with E-state index in [0.717, 1.165) is 27.7 Å². The van der Waals surface area contributed by atoms with Gasteiger partial charge in [-0.05, 0) is 36.6 Å². The van der Waals surface area contributed by atoms with Crippen molar-refractivity contribution in [3.8, 4) is 11.5 Å². The molecule has 2 aliphatic rings. The second-order valence-corrected chi connectivity index (χ2v) is 6.81. The van der Waals surface area contributed by atoms with Crippen LogP contribution in [0.3, 0.4) is 0 Å². The van der Waals surface area contributed by atoms with Crippen molar-refractivity contribution in [2.45, 2.75) is 19.4 Å². The van der Waals surface area contributed by atoms with Gasteiger partial charge in [0, 0.05) is 18.5 Å². The maximum absolute atomic E-state index is 12.5. The number of ether oxygens (including phenoxy) is 2. The van der Waals surface area contributed by atoms with E-state index in [2.05, 4.69) is 5.16 Å². The van der Waals surface area contributed by atoms with E-state index in [4.69, 9.17) is 14.3 Å². The Bertz CT molecular complexity index is 803. The predicted molar refractivity (Wildman–Crippen MR) is 94.5 cm³/mol. The number of hydrogen-bond donors (Lipinski definition) is 0. The van der Waals surface area contributed by atoms with Crippen LogP contribution in [-0.4, -0.2) is 42.5 Å². The molecule has 1 atom stereocenters. The molecule has 1 amide bonds. The smallest absolute Gasteiger partial charge is 0.264 e. The van der Waals surface area contributed by atoms with Crippen LogP contribution < -0.4 is 9.47 Å². The lowest BCUT2D eigenvalue weighted by Crippen LogP contribution is -2.37. The van der Waals surface area contributed by atoms with Crippen molar-refractivity contribution in [1.82, 2.24) is 4.90 Å². The van der Waals surface area contributed by atoms with Gasteiger partial charge in [0.2, 0.25) is 6.79 Å². The topological polar surface area (TPSA) is 60.4 Å². The van der Waals surface area contributed by atoms with E-state index < -0.39 is 0 Å². The number of carbonyl (C=O) groups excluding carboxylic acids is 1. The van der Waals surface area contributed by atoms with Crippen molar-refractivity contribution in [3.63, 3.8) is 0 Å². The Morgan fingerprint density at radius 3 is 3.00 bits per heavy atom. The Hall–Kier alpha value is -2.54. The van der Waals surface area contributed by atoms with E-state index in [-0.39, 0.29) is 18.8 Å². The fourth-order valence-electron chi connectivity index (χ4n) is 2.93. The van der Waals surface area contributed by atoms with Crippen molar-refractivity contribution in [1.29, 1.82) is 0 Å². The summed E-state index contributed by atoms with van der Waals surface area (Å²) in [5.74, 6) is 1.52. The number of likely N-dealkylation sites (N-methyl/N-ethyl adjacent to an activating group) is 1. The second kappa shape index (κ2) is 6.76. The van der Waals surface area contributed by atoms with E-state index in [9.17, 15) is 4.79 Å². The zero-order chi connectivity index (χ0) is 17.2. The molecular formula is C18H18N2O4S. The van der Waals surface area contributed by atoms with Gasteiger partial charge >= 0.3 is 0 Å². The number of fused-ring (bicyclic) bond motifs is 1. The number of rotatable bonds is 5. The highest BCUT2D eigenvalue weighted by atomic mass is 32.1. The zero-order valence-electron chi connectivity index (χ0n) is 13.8. The minimum absolute atomic E-state index is 0.0395. The van der Waals surface area contributed by atoms with E-state index in [0.29, 0.717) is 19.5 Å². The van der Waals surface area contributed by atoms with Crippen LogP contribution >= 0.6 is 11.3 Å². The van der Waals surface area contributed by atoms with Gasteiger partial charge in [-0.25, -0.2) is 0 Å². The van der Waals surface area contributed by atoms with E-state index >= 15 is 0 Å². The van der Waals surface area contributed by atoms with Crippen LogP contribution in [0, 0.1) is 0 Å². The Balaban J connectivity index is 1.40. The first-order chi connectivity index (χ1) is 12.2. The van der Waals surface area contributed by atoms with Gasteiger partial charge in [-0.3, -0.25) is 4.79 Å². The summed E-state index contributed by atoms with van der Waals surface area (Å²) in [5.41, 5.74) is 1.82. The minimum atomic E-state index is -0.135. The first kappa shape index (κ1) is 16.0. The van der Waals surface area contributed by atoms with Gasteiger partial charge in [0.05, 0.1) is 17.1 Å². The molecule has 2 aliphatic heterocycles. The molecule has 0 aliphatic carbocycles. The normalized spacial score (nSPS) is 18.0. The molecule has 0 spiro atoms. The molecule has 0 fully saturated rings. The molecule has 0 unspecified atom stereocenters. The fraction of sp³-hybridized carbons (Fsp3) is 0.333. The largest absolute Gasteiger partial charge is 0.454 e. The lowest BCUT2D eigenvalue weighted by atomic mass is 10.0. The van der Waals surface area contributed by atoms with Gasteiger partial charge in [0.25, 0.3) is 5.91 Å². The number of thiophene rings is 1. The van der Waals surface area contributed by atoms with Crippen molar-refractivity contribution in [2.24, 2.45) is 5.16 Å². The summed E-state index contributed by atoms with van der Waals surface area (Å²) in [6.45, 7) is 3.38. The monoisotopic (exact) mass is 358 g/mol. The van der Waals surface area contributed by atoms with Crippen LogP contribution in [0.5, 0.6) is 11.5 Å². The molecule has 3 heterocycles. The van der Waals surface area contributed by atoms with Crippen molar-refractivity contribution >= 4 is 23.0 Å². The highest BCUT2D eigenvalue weighted by Gasteiger charge is 2.27. The number of amides is 1. The van der Waals surface area contributed by atoms with Crippen LogP contribution in [0.2, 0.25) is 0 Å². The molecule has 0 saturated heterocycles. The quantitative estimate of drug-likeness (QED) is 0.824. The van der Waals surface area contributed by atoms with Gasteiger partial charge in [-0.15, -0.1) is 11.3 Å². The first-order valence-electron chi connectivity index (χ1n) is 8.20. The summed E-state index contributed by atoms with van der Waals surface area (Å²) < 4.78 is 10.7. The number of hydrogen-bond acceptors (Lipinski definition) is 6. The first-order valence-corrected chi connectivity index (χ1v) is 9.08. The molecule has 0 N–H and O–H groups in total. The third-order valence-corrected chi connectivity index (χ3v) is 5.12. The predicted octanol–water partition coefficient (Wildman–Crippen LogP) is 3.13. The Morgan fingerprint density at radius 2 is 2.20 bits per heavy atom. The summed E-state index contributed by atoms with van der Waals surface area (Å²) in [7, 11) is 0. The fourth-order valence-corrected chi connectivity index (χ4v) is 3.62. The van der Waals surface area contributed by atoms with E-state index in [1.807, 2.05) is 42.6 Å². The summed E-state index contributed by atoms with van der Waals surface area (Å²) in [6, 6.07) is 9.48. The minimum Gasteiger partial charge on any atom is -0.454 e. The van der Waals surface area contributed by atoms with Crippen LogP contribution in [0.15, 0.2) is 40.9 Å². The molecule has 4 rings (SSSR count). The molecule has 6 nitrogen and oxygen atoms in total. The lowest BCUT2D eigenvalue weighted by molar-refractivity contribution is 0.0438. The highest BCUT2D eigenvalue weighted by molar-refractivity contribution is 7.12. The van der Waals surface area contributed by atoms with E-state index in [1.54, 1.807) is 4.90 Å². The van der Waals surface area contributed by atoms with Crippen molar-refractivity contribution in [3.05, 3.63) is 46.2 Å². The SMILES string of the molecule is CCN(C[C@@H]1CC(c2ccc3c(c2)OCO3)=NO1)C(=O)c1cccs1. The van der Waals surface area contributed by atoms with Crippen LogP contribution in [0.1, 0.15) is 28.6 Å². The number of nitrogens with zero attached hydrogens (tertiary/aromatic N) is 2. The molecule has 2 aromatic rings. The summed E-state index contributed by atoms with van der Waals surface area (Å²) in [5, 5.41) is 6.12. The summed E-state index contributed by atoms with van der Waals surface area (Å²) in [4.78, 5) is 20.6. The van der Waals surface area contributed by atoms with Crippen LogP contribution in [-0.2, 0) is 4.84 Å². The average Bonchev–Trinajstić information content (AvgIpc) is 3.39. The van der Waals surface area contributed by atoms with Crippen LogP contribution in [0.25, 0.3) is 0 Å². The van der Waals surface area contributed by atoms with Crippen LogP contribution in [0.4, 0.5) is 0 Å². The van der Waals surface area contributed by atoms with Gasteiger partial charge < -0.3 is 19.2 Å². The molecule has 25 heavy (non-hydrogen) atoms. The number of carbonyl (C=O) groups is 1. The van der Waals surface area contributed by atoms with Gasteiger partial charge in [0.1, 0.15) is 0 Å². The standard InChI is InChI=1S/C18H18N2O4S/c1-2-20(18(21)17-4-3-7-25-17)10-13-9-14(19-24-13)12-5-6-15-16(8-12)23-11-22-15/h3-8,13H,2,9-11H2,1H3/t13-/m0/s1. The maximum Gasteiger partial charge on any atom is 0.264 e. The number of benzene rings is 1. The molecule has 0 radical (unpaired) electrons. The Kier molecular flexibility index (Phi) is 4.31. The zero-order valence-corrected chi connectivity index (χ0v) is 14.6.